The minimum Gasteiger partial charge on any atom is -0.472 e. The zero-order valence-corrected chi connectivity index (χ0v) is 17.5. The Morgan fingerprint density at radius 3 is 2.61 bits per heavy atom. The maximum atomic E-state index is 13.9. The first kappa shape index (κ1) is 20.0. The van der Waals surface area contributed by atoms with Crippen molar-refractivity contribution in [1.29, 1.82) is 0 Å². The van der Waals surface area contributed by atoms with E-state index in [4.69, 9.17) is 9.15 Å². The Morgan fingerprint density at radius 1 is 1.06 bits per heavy atom. The third-order valence-electron chi connectivity index (χ3n) is 6.80. The number of hydrogen-bond acceptors (Lipinski definition) is 7. The summed E-state index contributed by atoms with van der Waals surface area (Å²) in [5.41, 5.74) is -0.00430. The quantitative estimate of drug-likeness (QED) is 0.732. The first-order valence-electron chi connectivity index (χ1n) is 10.9. The lowest BCUT2D eigenvalue weighted by molar-refractivity contribution is -0.148. The number of carbonyl (C=O) groups excluding carboxylic acids is 2. The molecule has 164 valence electrons. The summed E-state index contributed by atoms with van der Waals surface area (Å²) in [5.74, 6) is 0.775. The third-order valence-corrected chi connectivity index (χ3v) is 6.80. The number of fused-ring (bicyclic) bond motifs is 1. The molecule has 5 heterocycles. The van der Waals surface area contributed by atoms with Crippen molar-refractivity contribution in [3.63, 3.8) is 0 Å². The van der Waals surface area contributed by atoms with Gasteiger partial charge in [-0.3, -0.25) is 9.59 Å². The highest BCUT2D eigenvalue weighted by Crippen LogP contribution is 2.45. The number of anilines is 1. The van der Waals surface area contributed by atoms with Crippen molar-refractivity contribution >= 4 is 17.8 Å². The number of hydrogen-bond donors (Lipinski definition) is 0. The molecule has 3 aliphatic heterocycles. The van der Waals surface area contributed by atoms with Gasteiger partial charge in [-0.1, -0.05) is 0 Å². The Bertz CT molecular complexity index is 915. The van der Waals surface area contributed by atoms with Crippen LogP contribution in [0.4, 0.5) is 5.95 Å². The van der Waals surface area contributed by atoms with Crippen LogP contribution in [-0.2, 0) is 9.53 Å². The van der Waals surface area contributed by atoms with Gasteiger partial charge in [-0.2, -0.15) is 0 Å². The predicted octanol–water partition coefficient (Wildman–Crippen LogP) is 1.29. The van der Waals surface area contributed by atoms with E-state index in [1.54, 1.807) is 24.5 Å². The molecule has 0 N–H and O–H groups in total. The number of morpholine rings is 1. The van der Waals surface area contributed by atoms with Crippen molar-refractivity contribution in [1.82, 2.24) is 19.8 Å². The highest BCUT2D eigenvalue weighted by atomic mass is 16.5. The molecule has 2 aromatic heterocycles. The van der Waals surface area contributed by atoms with Crippen molar-refractivity contribution in [2.24, 2.45) is 11.3 Å². The van der Waals surface area contributed by atoms with E-state index in [2.05, 4.69) is 14.9 Å². The maximum Gasteiger partial charge on any atom is 0.257 e. The van der Waals surface area contributed by atoms with Crippen LogP contribution in [0.25, 0.3) is 0 Å². The second kappa shape index (κ2) is 8.30. The van der Waals surface area contributed by atoms with Crippen LogP contribution in [0.15, 0.2) is 41.5 Å². The van der Waals surface area contributed by atoms with Crippen molar-refractivity contribution in [2.75, 3.05) is 57.4 Å². The van der Waals surface area contributed by atoms with Crippen LogP contribution in [-0.4, -0.2) is 84.1 Å². The van der Waals surface area contributed by atoms with E-state index in [0.29, 0.717) is 64.0 Å². The summed E-state index contributed by atoms with van der Waals surface area (Å²) < 4.78 is 10.6. The van der Waals surface area contributed by atoms with Crippen molar-refractivity contribution in [2.45, 2.75) is 12.8 Å². The van der Waals surface area contributed by atoms with Crippen molar-refractivity contribution in [3.05, 3.63) is 42.6 Å². The lowest BCUT2D eigenvalue weighted by Gasteiger charge is -2.38. The SMILES string of the molecule is O=C(c1ccoc1)N1CCC[C@@]2(C(=O)N3CCOCC3)CN(c3ncccn3)C[C@H]2C1. The van der Waals surface area contributed by atoms with E-state index in [1.807, 2.05) is 9.80 Å². The van der Waals surface area contributed by atoms with Crippen LogP contribution >= 0.6 is 0 Å². The fourth-order valence-electron chi connectivity index (χ4n) is 5.22. The van der Waals surface area contributed by atoms with Gasteiger partial charge in [0.25, 0.3) is 5.91 Å². The highest BCUT2D eigenvalue weighted by molar-refractivity contribution is 5.94. The Labute approximate surface area is 181 Å². The molecule has 0 saturated carbocycles. The second-order valence-electron chi connectivity index (χ2n) is 8.55. The summed E-state index contributed by atoms with van der Waals surface area (Å²) in [6, 6.07) is 3.48. The zero-order chi connectivity index (χ0) is 21.3. The molecule has 9 nitrogen and oxygen atoms in total. The summed E-state index contributed by atoms with van der Waals surface area (Å²) in [6.07, 6.45) is 7.97. The average molecular weight is 425 g/mol. The fraction of sp³-hybridized carbons (Fsp3) is 0.545. The standard InChI is InChI=1S/C22H27N5O4/c28-19(17-3-10-31-15-17)26-7-1-4-22(20(29)25-8-11-30-12-9-25)16-27(14-18(22)13-26)21-23-5-2-6-24-21/h2-3,5-6,10,15,18H,1,4,7-9,11-14,16H2/t18-,22-/m1/s1. The molecule has 2 aromatic rings. The smallest absolute Gasteiger partial charge is 0.257 e. The van der Waals surface area contributed by atoms with Gasteiger partial charge >= 0.3 is 0 Å². The molecule has 0 aliphatic carbocycles. The Morgan fingerprint density at radius 2 is 1.87 bits per heavy atom. The van der Waals surface area contributed by atoms with Gasteiger partial charge in [0.2, 0.25) is 11.9 Å². The molecule has 0 bridgehead atoms. The number of aromatic nitrogens is 2. The van der Waals surface area contributed by atoms with E-state index in [1.165, 1.54) is 12.5 Å². The van der Waals surface area contributed by atoms with Gasteiger partial charge in [0, 0.05) is 57.6 Å². The highest BCUT2D eigenvalue weighted by Gasteiger charge is 2.55. The van der Waals surface area contributed by atoms with Crippen LogP contribution < -0.4 is 4.90 Å². The number of amides is 2. The number of rotatable bonds is 3. The summed E-state index contributed by atoms with van der Waals surface area (Å²) in [5, 5.41) is 0. The Kier molecular flexibility index (Phi) is 5.35. The van der Waals surface area contributed by atoms with E-state index >= 15 is 0 Å². The summed E-state index contributed by atoms with van der Waals surface area (Å²) in [4.78, 5) is 41.7. The Hall–Kier alpha value is -2.94. The zero-order valence-electron chi connectivity index (χ0n) is 17.5. The Balaban J connectivity index is 1.45. The molecule has 3 saturated heterocycles. The van der Waals surface area contributed by atoms with Gasteiger partial charge in [0.1, 0.15) is 6.26 Å². The minimum atomic E-state index is -0.554. The molecule has 2 amide bonds. The van der Waals surface area contributed by atoms with Gasteiger partial charge in [-0.15, -0.1) is 0 Å². The number of nitrogens with zero attached hydrogens (tertiary/aromatic N) is 5. The number of furan rings is 1. The normalized spacial score (nSPS) is 26.5. The molecule has 0 aromatic carbocycles. The van der Waals surface area contributed by atoms with Gasteiger partial charge < -0.3 is 23.9 Å². The number of ether oxygens (including phenoxy) is 1. The summed E-state index contributed by atoms with van der Waals surface area (Å²) in [7, 11) is 0. The first-order valence-corrected chi connectivity index (χ1v) is 10.9. The summed E-state index contributed by atoms with van der Waals surface area (Å²) >= 11 is 0. The van der Waals surface area contributed by atoms with E-state index < -0.39 is 5.41 Å². The number of likely N-dealkylation sites (tertiary alicyclic amines) is 1. The van der Waals surface area contributed by atoms with Crippen molar-refractivity contribution < 1.29 is 18.7 Å². The van der Waals surface area contributed by atoms with Crippen LogP contribution in [0, 0.1) is 11.3 Å². The largest absolute Gasteiger partial charge is 0.472 e. The van der Waals surface area contributed by atoms with Gasteiger partial charge in [0.05, 0.1) is 30.5 Å². The molecule has 0 unspecified atom stereocenters. The summed E-state index contributed by atoms with van der Waals surface area (Å²) in [6.45, 7) is 4.77. The predicted molar refractivity (Wildman–Crippen MR) is 111 cm³/mol. The topological polar surface area (TPSA) is 92.0 Å². The average Bonchev–Trinajstić information content (AvgIpc) is 3.45. The molecule has 2 atom stereocenters. The maximum absolute atomic E-state index is 13.9. The van der Waals surface area contributed by atoms with Gasteiger partial charge in [-0.05, 0) is 25.0 Å². The minimum absolute atomic E-state index is 0.00463. The lowest BCUT2D eigenvalue weighted by atomic mass is 9.73. The van der Waals surface area contributed by atoms with Gasteiger partial charge in [-0.25, -0.2) is 9.97 Å². The van der Waals surface area contributed by atoms with Gasteiger partial charge in [0.15, 0.2) is 0 Å². The lowest BCUT2D eigenvalue weighted by Crippen LogP contribution is -2.53. The molecule has 0 radical (unpaired) electrons. The molecule has 9 heteroatoms. The fourth-order valence-corrected chi connectivity index (χ4v) is 5.22. The first-order chi connectivity index (χ1) is 15.2. The second-order valence-corrected chi connectivity index (χ2v) is 8.55. The molecular weight excluding hydrogens is 398 g/mol. The van der Waals surface area contributed by atoms with Crippen molar-refractivity contribution in [3.8, 4) is 0 Å². The molecule has 5 rings (SSSR count). The third kappa shape index (κ3) is 3.67. The van der Waals surface area contributed by atoms with E-state index in [0.717, 1.165) is 12.8 Å². The number of carbonyl (C=O) groups is 2. The van der Waals surface area contributed by atoms with Crippen LogP contribution in [0.2, 0.25) is 0 Å². The molecule has 31 heavy (non-hydrogen) atoms. The van der Waals surface area contributed by atoms with E-state index in [9.17, 15) is 9.59 Å². The molecular formula is C22H27N5O4. The van der Waals surface area contributed by atoms with Crippen LogP contribution in [0.3, 0.4) is 0 Å². The van der Waals surface area contributed by atoms with Crippen LogP contribution in [0.5, 0.6) is 0 Å². The molecule has 0 spiro atoms. The van der Waals surface area contributed by atoms with Crippen LogP contribution in [0.1, 0.15) is 23.2 Å². The molecule has 3 aliphatic rings. The molecule has 3 fully saturated rings. The van der Waals surface area contributed by atoms with E-state index in [-0.39, 0.29) is 17.7 Å². The monoisotopic (exact) mass is 425 g/mol.